The van der Waals surface area contributed by atoms with Gasteiger partial charge in [-0.3, -0.25) is 14.4 Å². The molecule has 1 aromatic carbocycles. The summed E-state index contributed by atoms with van der Waals surface area (Å²) in [6, 6.07) is 9.06. The van der Waals surface area contributed by atoms with Gasteiger partial charge >= 0.3 is 0 Å². The molecule has 0 radical (unpaired) electrons. The molecule has 2 aromatic rings. The van der Waals surface area contributed by atoms with Crippen LogP contribution in [0.5, 0.6) is 0 Å². The second-order valence-corrected chi connectivity index (χ2v) is 6.31. The van der Waals surface area contributed by atoms with Crippen LogP contribution < -0.4 is 16.0 Å². The molecule has 0 aliphatic rings. The number of hydrogen-bond acceptors (Lipinski definition) is 4. The van der Waals surface area contributed by atoms with Crippen molar-refractivity contribution in [1.29, 1.82) is 0 Å². The Morgan fingerprint density at radius 1 is 1.04 bits per heavy atom. The molecular formula is C18H21N3O3S. The lowest BCUT2D eigenvalue weighted by Crippen LogP contribution is -2.27. The lowest BCUT2D eigenvalue weighted by Gasteiger charge is -2.07. The van der Waals surface area contributed by atoms with Crippen molar-refractivity contribution < 1.29 is 14.4 Å². The molecule has 132 valence electrons. The predicted molar refractivity (Wildman–Crippen MR) is 98.5 cm³/mol. The molecule has 6 nitrogen and oxygen atoms in total. The molecule has 0 bridgehead atoms. The normalized spacial score (nSPS) is 10.1. The number of nitrogens with one attached hydrogen (secondary N) is 3. The van der Waals surface area contributed by atoms with Crippen molar-refractivity contribution in [3.05, 3.63) is 52.2 Å². The number of thiophene rings is 1. The van der Waals surface area contributed by atoms with Crippen LogP contribution >= 0.6 is 11.3 Å². The minimum absolute atomic E-state index is 0.0595. The van der Waals surface area contributed by atoms with Crippen molar-refractivity contribution in [1.82, 2.24) is 10.6 Å². The van der Waals surface area contributed by atoms with E-state index >= 15 is 0 Å². The van der Waals surface area contributed by atoms with Crippen molar-refractivity contribution in [3.63, 3.8) is 0 Å². The maximum absolute atomic E-state index is 11.8. The van der Waals surface area contributed by atoms with Crippen LogP contribution in [0.3, 0.4) is 0 Å². The van der Waals surface area contributed by atoms with Gasteiger partial charge in [0, 0.05) is 43.1 Å². The Morgan fingerprint density at radius 2 is 1.80 bits per heavy atom. The molecule has 3 N–H and O–H groups in total. The number of hydrogen-bond donors (Lipinski definition) is 3. The molecule has 25 heavy (non-hydrogen) atoms. The first kappa shape index (κ1) is 18.7. The fourth-order valence-electron chi connectivity index (χ4n) is 2.14. The summed E-state index contributed by atoms with van der Waals surface area (Å²) in [5.41, 5.74) is 2.33. The standard InChI is InChI=1S/C18H21N3O3S/c1-13(22)21-16-6-4-14(5-7-16)11-20-17(23)3-2-9-19-18(24)15-8-10-25-12-15/h4-8,10,12H,2-3,9,11H2,1H3,(H,19,24)(H,20,23)(H,21,22). The Hall–Kier alpha value is -2.67. The minimum Gasteiger partial charge on any atom is -0.352 e. The topological polar surface area (TPSA) is 87.3 Å². The van der Waals surface area contributed by atoms with E-state index in [0.29, 0.717) is 31.5 Å². The van der Waals surface area contributed by atoms with Crippen molar-refractivity contribution in [3.8, 4) is 0 Å². The van der Waals surface area contributed by atoms with Crippen LogP contribution in [0.1, 0.15) is 35.7 Å². The Bertz CT molecular complexity index is 712. The highest BCUT2D eigenvalue weighted by molar-refractivity contribution is 7.08. The summed E-state index contributed by atoms with van der Waals surface area (Å²) in [6.07, 6.45) is 0.942. The summed E-state index contributed by atoms with van der Waals surface area (Å²) in [5.74, 6) is -0.288. The number of amides is 3. The summed E-state index contributed by atoms with van der Waals surface area (Å²) < 4.78 is 0. The maximum atomic E-state index is 11.8. The average molecular weight is 359 g/mol. The van der Waals surface area contributed by atoms with E-state index in [1.807, 2.05) is 17.5 Å². The minimum atomic E-state index is -0.118. The molecule has 0 aliphatic heterocycles. The van der Waals surface area contributed by atoms with Crippen LogP contribution in [0.2, 0.25) is 0 Å². The number of rotatable bonds is 8. The van der Waals surface area contributed by atoms with Crippen LogP contribution in [-0.4, -0.2) is 24.3 Å². The Labute approximate surface area is 150 Å². The average Bonchev–Trinajstić information content (AvgIpc) is 3.12. The zero-order chi connectivity index (χ0) is 18.1. The van der Waals surface area contributed by atoms with Crippen LogP contribution in [0, 0.1) is 0 Å². The maximum Gasteiger partial charge on any atom is 0.252 e. The van der Waals surface area contributed by atoms with E-state index in [1.165, 1.54) is 18.3 Å². The monoisotopic (exact) mass is 359 g/mol. The second kappa shape index (κ2) is 9.58. The third-order valence-corrected chi connectivity index (χ3v) is 4.10. The molecule has 0 unspecified atom stereocenters. The van der Waals surface area contributed by atoms with Gasteiger partial charge in [-0.25, -0.2) is 0 Å². The summed E-state index contributed by atoms with van der Waals surface area (Å²) in [4.78, 5) is 34.5. The molecule has 1 heterocycles. The first-order valence-electron chi connectivity index (χ1n) is 7.98. The van der Waals surface area contributed by atoms with E-state index in [0.717, 1.165) is 11.3 Å². The van der Waals surface area contributed by atoms with E-state index in [4.69, 9.17) is 0 Å². The summed E-state index contributed by atoms with van der Waals surface area (Å²) in [7, 11) is 0. The highest BCUT2D eigenvalue weighted by Gasteiger charge is 2.06. The van der Waals surface area contributed by atoms with Gasteiger partial charge < -0.3 is 16.0 Å². The van der Waals surface area contributed by atoms with Gasteiger partial charge in [-0.15, -0.1) is 0 Å². The lowest BCUT2D eigenvalue weighted by molar-refractivity contribution is -0.121. The fourth-order valence-corrected chi connectivity index (χ4v) is 2.78. The zero-order valence-corrected chi connectivity index (χ0v) is 14.8. The van der Waals surface area contributed by atoms with Gasteiger partial charge in [0.05, 0.1) is 0 Å². The van der Waals surface area contributed by atoms with Gasteiger partial charge in [-0.05, 0) is 35.6 Å². The molecule has 0 saturated carbocycles. The summed E-state index contributed by atoms with van der Waals surface area (Å²) in [6.45, 7) is 2.35. The van der Waals surface area contributed by atoms with Crippen molar-refractivity contribution >= 4 is 34.7 Å². The van der Waals surface area contributed by atoms with E-state index in [-0.39, 0.29) is 17.7 Å². The fraction of sp³-hybridized carbons (Fsp3) is 0.278. The van der Waals surface area contributed by atoms with Gasteiger partial charge in [-0.1, -0.05) is 12.1 Å². The van der Waals surface area contributed by atoms with Gasteiger partial charge in [-0.2, -0.15) is 11.3 Å². The summed E-state index contributed by atoms with van der Waals surface area (Å²) >= 11 is 1.47. The number of carbonyl (C=O) groups excluding carboxylic acids is 3. The number of carbonyl (C=O) groups is 3. The predicted octanol–water partition coefficient (Wildman–Crippen LogP) is 2.53. The third kappa shape index (κ3) is 6.76. The molecule has 0 spiro atoms. The molecule has 7 heteroatoms. The van der Waals surface area contributed by atoms with Gasteiger partial charge in [0.25, 0.3) is 5.91 Å². The Balaban J connectivity index is 1.62. The van der Waals surface area contributed by atoms with Crippen LogP contribution in [0.25, 0.3) is 0 Å². The molecule has 2 rings (SSSR count). The smallest absolute Gasteiger partial charge is 0.252 e. The van der Waals surface area contributed by atoms with Crippen molar-refractivity contribution in [2.75, 3.05) is 11.9 Å². The molecular weight excluding hydrogens is 338 g/mol. The van der Waals surface area contributed by atoms with Gasteiger partial charge in [0.15, 0.2) is 0 Å². The van der Waals surface area contributed by atoms with E-state index in [1.54, 1.807) is 23.6 Å². The number of anilines is 1. The highest BCUT2D eigenvalue weighted by Crippen LogP contribution is 2.09. The molecule has 0 fully saturated rings. The molecule has 0 aliphatic carbocycles. The van der Waals surface area contributed by atoms with Crippen molar-refractivity contribution in [2.24, 2.45) is 0 Å². The number of benzene rings is 1. The van der Waals surface area contributed by atoms with Gasteiger partial charge in [0.2, 0.25) is 11.8 Å². The highest BCUT2D eigenvalue weighted by atomic mass is 32.1. The van der Waals surface area contributed by atoms with E-state index in [9.17, 15) is 14.4 Å². The largest absolute Gasteiger partial charge is 0.352 e. The van der Waals surface area contributed by atoms with Crippen LogP contribution in [-0.2, 0) is 16.1 Å². The Kier molecular flexibility index (Phi) is 7.16. The molecule has 0 atom stereocenters. The third-order valence-electron chi connectivity index (χ3n) is 3.41. The van der Waals surface area contributed by atoms with E-state index < -0.39 is 0 Å². The SMILES string of the molecule is CC(=O)Nc1ccc(CNC(=O)CCCNC(=O)c2ccsc2)cc1. The molecule has 1 aromatic heterocycles. The Morgan fingerprint density at radius 3 is 2.44 bits per heavy atom. The van der Waals surface area contributed by atoms with E-state index in [2.05, 4.69) is 16.0 Å². The van der Waals surface area contributed by atoms with Gasteiger partial charge in [0.1, 0.15) is 0 Å². The first-order chi connectivity index (χ1) is 12.0. The first-order valence-corrected chi connectivity index (χ1v) is 8.92. The second-order valence-electron chi connectivity index (χ2n) is 5.53. The van der Waals surface area contributed by atoms with Crippen LogP contribution in [0.15, 0.2) is 41.1 Å². The summed E-state index contributed by atoms with van der Waals surface area (Å²) in [5, 5.41) is 12.0. The molecule has 0 saturated heterocycles. The van der Waals surface area contributed by atoms with Crippen molar-refractivity contribution in [2.45, 2.75) is 26.3 Å². The lowest BCUT2D eigenvalue weighted by atomic mass is 10.2. The van der Waals surface area contributed by atoms with Crippen LogP contribution in [0.4, 0.5) is 5.69 Å². The zero-order valence-electron chi connectivity index (χ0n) is 14.0. The quantitative estimate of drug-likeness (QED) is 0.633. The molecule has 3 amide bonds.